The molecule has 31 heavy (non-hydrogen) atoms. The van der Waals surface area contributed by atoms with E-state index >= 15 is 0 Å². The van der Waals surface area contributed by atoms with E-state index in [-0.39, 0.29) is 5.56 Å². The Morgan fingerprint density at radius 1 is 1.00 bits per heavy atom. The van der Waals surface area contributed by atoms with E-state index in [0.29, 0.717) is 11.9 Å². The van der Waals surface area contributed by atoms with E-state index in [4.69, 9.17) is 9.84 Å². The standard InChI is InChI=1S/C25H22N4O2/c1-17-23(19-6-4-3-5-7-19)24-26-16-21-22(29(24)27-17)13-15-28(25(21)30)14-12-18-8-10-20(31-2)11-9-18/h3-11,13,15-16H,12,14H2,1-2H3. The van der Waals surface area contributed by atoms with E-state index in [9.17, 15) is 4.79 Å². The molecule has 3 aromatic heterocycles. The zero-order chi connectivity index (χ0) is 21.4. The van der Waals surface area contributed by atoms with Crippen LogP contribution in [0.15, 0.2) is 77.9 Å². The maximum atomic E-state index is 13.1. The Hall–Kier alpha value is -3.93. The van der Waals surface area contributed by atoms with Gasteiger partial charge in [-0.15, -0.1) is 0 Å². The Kier molecular flexibility index (Phi) is 4.75. The summed E-state index contributed by atoms with van der Waals surface area (Å²) in [5.41, 5.74) is 5.55. The first-order valence-corrected chi connectivity index (χ1v) is 10.2. The molecule has 0 radical (unpaired) electrons. The second-order valence-electron chi connectivity index (χ2n) is 7.53. The van der Waals surface area contributed by atoms with Gasteiger partial charge in [0.2, 0.25) is 0 Å². The van der Waals surface area contributed by atoms with Gasteiger partial charge >= 0.3 is 0 Å². The van der Waals surface area contributed by atoms with Crippen LogP contribution in [-0.4, -0.2) is 26.3 Å². The summed E-state index contributed by atoms with van der Waals surface area (Å²) < 4.78 is 8.71. The lowest BCUT2D eigenvalue weighted by molar-refractivity contribution is 0.414. The van der Waals surface area contributed by atoms with Crippen molar-refractivity contribution in [2.45, 2.75) is 19.9 Å². The summed E-state index contributed by atoms with van der Waals surface area (Å²) >= 11 is 0. The second-order valence-corrected chi connectivity index (χ2v) is 7.53. The van der Waals surface area contributed by atoms with Crippen molar-refractivity contribution in [3.63, 3.8) is 0 Å². The molecule has 2 aromatic carbocycles. The van der Waals surface area contributed by atoms with Crippen LogP contribution in [0.25, 0.3) is 27.7 Å². The van der Waals surface area contributed by atoms with Crippen LogP contribution in [-0.2, 0) is 13.0 Å². The van der Waals surface area contributed by atoms with Gasteiger partial charge in [-0.3, -0.25) is 4.79 Å². The van der Waals surface area contributed by atoms with Gasteiger partial charge < -0.3 is 9.30 Å². The molecule has 0 saturated heterocycles. The Bertz CT molecular complexity index is 1430. The molecule has 3 heterocycles. The first-order valence-electron chi connectivity index (χ1n) is 10.2. The summed E-state index contributed by atoms with van der Waals surface area (Å²) in [4.78, 5) is 17.7. The van der Waals surface area contributed by atoms with Gasteiger partial charge in [-0.1, -0.05) is 42.5 Å². The third kappa shape index (κ3) is 3.36. The molecule has 0 aliphatic rings. The van der Waals surface area contributed by atoms with E-state index in [1.54, 1.807) is 22.4 Å². The van der Waals surface area contributed by atoms with Crippen molar-refractivity contribution in [1.29, 1.82) is 0 Å². The minimum Gasteiger partial charge on any atom is -0.497 e. The van der Waals surface area contributed by atoms with Crippen molar-refractivity contribution >= 4 is 16.6 Å². The lowest BCUT2D eigenvalue weighted by Gasteiger charge is -2.09. The topological polar surface area (TPSA) is 61.4 Å². The van der Waals surface area contributed by atoms with Crippen molar-refractivity contribution in [2.75, 3.05) is 7.11 Å². The van der Waals surface area contributed by atoms with Crippen molar-refractivity contribution in [1.82, 2.24) is 19.2 Å². The van der Waals surface area contributed by atoms with Crippen LogP contribution in [0.2, 0.25) is 0 Å². The molecule has 0 fully saturated rings. The van der Waals surface area contributed by atoms with Gasteiger partial charge in [-0.25, -0.2) is 9.50 Å². The van der Waals surface area contributed by atoms with Gasteiger partial charge in [0.15, 0.2) is 5.65 Å². The Morgan fingerprint density at radius 3 is 2.52 bits per heavy atom. The molecule has 0 aliphatic carbocycles. The average Bonchev–Trinajstić information content (AvgIpc) is 3.15. The molecule has 0 atom stereocenters. The molecular formula is C25H22N4O2. The number of aryl methyl sites for hydroxylation is 3. The number of methoxy groups -OCH3 is 1. The minimum absolute atomic E-state index is 0.0603. The molecule has 6 heteroatoms. The van der Waals surface area contributed by atoms with Gasteiger partial charge in [0.05, 0.1) is 23.7 Å². The van der Waals surface area contributed by atoms with E-state index < -0.39 is 0 Å². The maximum Gasteiger partial charge on any atom is 0.261 e. The molecule has 0 N–H and O–H groups in total. The average molecular weight is 410 g/mol. The van der Waals surface area contributed by atoms with E-state index in [1.807, 2.05) is 73.8 Å². The van der Waals surface area contributed by atoms with Gasteiger partial charge in [0, 0.05) is 24.5 Å². The Morgan fingerprint density at radius 2 is 1.77 bits per heavy atom. The largest absolute Gasteiger partial charge is 0.497 e. The van der Waals surface area contributed by atoms with E-state index in [0.717, 1.165) is 45.7 Å². The molecule has 0 bridgehead atoms. The van der Waals surface area contributed by atoms with Crippen LogP contribution in [0.5, 0.6) is 5.75 Å². The lowest BCUT2D eigenvalue weighted by atomic mass is 10.1. The molecule has 0 unspecified atom stereocenters. The van der Waals surface area contributed by atoms with Crippen LogP contribution in [0.3, 0.4) is 0 Å². The summed E-state index contributed by atoms with van der Waals surface area (Å²) in [6.45, 7) is 2.56. The molecule has 0 spiro atoms. The summed E-state index contributed by atoms with van der Waals surface area (Å²) in [6.07, 6.45) is 4.27. The highest BCUT2D eigenvalue weighted by atomic mass is 16.5. The van der Waals surface area contributed by atoms with Crippen molar-refractivity contribution in [3.8, 4) is 16.9 Å². The second kappa shape index (κ2) is 7.72. The third-order valence-electron chi connectivity index (χ3n) is 5.62. The predicted octanol–water partition coefficient (Wildman–Crippen LogP) is 4.27. The van der Waals surface area contributed by atoms with Crippen LogP contribution in [0.1, 0.15) is 11.3 Å². The molecule has 0 amide bonds. The predicted molar refractivity (Wildman–Crippen MR) is 122 cm³/mol. The minimum atomic E-state index is -0.0603. The summed E-state index contributed by atoms with van der Waals surface area (Å²) in [6, 6.07) is 19.9. The van der Waals surface area contributed by atoms with Gasteiger partial charge in [-0.2, -0.15) is 5.10 Å². The fraction of sp³-hybridized carbons (Fsp3) is 0.160. The van der Waals surface area contributed by atoms with Gasteiger partial charge in [-0.05, 0) is 42.7 Å². The monoisotopic (exact) mass is 410 g/mol. The normalized spacial score (nSPS) is 11.3. The van der Waals surface area contributed by atoms with Crippen LogP contribution in [0, 0.1) is 6.92 Å². The van der Waals surface area contributed by atoms with Gasteiger partial charge in [0.25, 0.3) is 5.56 Å². The summed E-state index contributed by atoms with van der Waals surface area (Å²) in [7, 11) is 1.65. The van der Waals surface area contributed by atoms with Crippen molar-refractivity contribution < 1.29 is 4.74 Å². The zero-order valence-corrected chi connectivity index (χ0v) is 17.4. The molecular weight excluding hydrogens is 388 g/mol. The number of nitrogens with zero attached hydrogens (tertiary/aromatic N) is 4. The van der Waals surface area contributed by atoms with Crippen LogP contribution >= 0.6 is 0 Å². The highest BCUT2D eigenvalue weighted by Gasteiger charge is 2.16. The quantitative estimate of drug-likeness (QED) is 0.434. The number of aromatic nitrogens is 4. The van der Waals surface area contributed by atoms with Crippen molar-refractivity contribution in [3.05, 3.63) is 94.7 Å². The van der Waals surface area contributed by atoms with Crippen molar-refractivity contribution in [2.24, 2.45) is 0 Å². The Balaban J connectivity index is 1.53. The van der Waals surface area contributed by atoms with E-state index in [2.05, 4.69) is 4.98 Å². The molecule has 154 valence electrons. The first-order chi connectivity index (χ1) is 15.2. The van der Waals surface area contributed by atoms with Crippen LogP contribution in [0.4, 0.5) is 0 Å². The third-order valence-corrected chi connectivity index (χ3v) is 5.62. The number of hydrogen-bond donors (Lipinski definition) is 0. The number of pyridine rings is 1. The fourth-order valence-electron chi connectivity index (χ4n) is 3.98. The highest BCUT2D eigenvalue weighted by molar-refractivity contribution is 5.86. The summed E-state index contributed by atoms with van der Waals surface area (Å²) in [5.74, 6) is 0.825. The Labute approximate surface area is 179 Å². The maximum absolute atomic E-state index is 13.1. The number of rotatable bonds is 5. The van der Waals surface area contributed by atoms with Gasteiger partial charge in [0.1, 0.15) is 5.75 Å². The van der Waals surface area contributed by atoms with E-state index in [1.165, 1.54) is 0 Å². The molecule has 5 rings (SSSR count). The number of hydrogen-bond acceptors (Lipinski definition) is 4. The number of fused-ring (bicyclic) bond motifs is 3. The molecule has 6 nitrogen and oxygen atoms in total. The molecule has 0 saturated carbocycles. The smallest absolute Gasteiger partial charge is 0.261 e. The molecule has 0 aliphatic heterocycles. The fourth-order valence-corrected chi connectivity index (χ4v) is 3.98. The number of ether oxygens (including phenoxy) is 1. The summed E-state index contributed by atoms with van der Waals surface area (Å²) in [5, 5.41) is 5.25. The highest BCUT2D eigenvalue weighted by Crippen LogP contribution is 2.28. The number of benzene rings is 2. The zero-order valence-electron chi connectivity index (χ0n) is 17.4. The first kappa shape index (κ1) is 19.1. The van der Waals surface area contributed by atoms with Crippen LogP contribution < -0.4 is 10.3 Å². The lowest BCUT2D eigenvalue weighted by Crippen LogP contribution is -2.21. The molecule has 5 aromatic rings. The SMILES string of the molecule is COc1ccc(CCn2ccc3c(cnc4c(-c5ccccc5)c(C)nn43)c2=O)cc1.